The second kappa shape index (κ2) is 8.28. The molecule has 5 nitrogen and oxygen atoms in total. The van der Waals surface area contributed by atoms with E-state index in [1.54, 1.807) is 35.2 Å². The fraction of sp³-hybridized carbons (Fsp3) is 0.294. The number of nitrogens with one attached hydrogen (secondary N) is 1. The van der Waals surface area contributed by atoms with E-state index in [9.17, 15) is 9.59 Å². The van der Waals surface area contributed by atoms with Gasteiger partial charge in [0.15, 0.2) is 0 Å². The van der Waals surface area contributed by atoms with Gasteiger partial charge in [-0.1, -0.05) is 12.1 Å². The summed E-state index contributed by atoms with van der Waals surface area (Å²) in [7, 11) is 0. The molecule has 1 unspecified atom stereocenters. The number of halogens is 1. The van der Waals surface area contributed by atoms with Crippen LogP contribution in [0.4, 0.5) is 5.69 Å². The normalized spacial score (nSPS) is 17.0. The summed E-state index contributed by atoms with van der Waals surface area (Å²) in [4.78, 5) is 27.1. The molecular formula is C17H20ClN3O2S. The predicted octanol–water partition coefficient (Wildman–Crippen LogP) is 2.99. The lowest BCUT2D eigenvalue weighted by molar-refractivity contribution is 0.0708. The Morgan fingerprint density at radius 3 is 2.79 bits per heavy atom. The van der Waals surface area contributed by atoms with Gasteiger partial charge in [-0.25, -0.2) is 0 Å². The van der Waals surface area contributed by atoms with E-state index in [2.05, 4.69) is 5.32 Å². The number of hydrogen-bond acceptors (Lipinski definition) is 4. The van der Waals surface area contributed by atoms with Gasteiger partial charge in [0.1, 0.15) is 0 Å². The highest BCUT2D eigenvalue weighted by Gasteiger charge is 2.22. The average Bonchev–Trinajstić information content (AvgIpc) is 3.09. The number of benzene rings is 1. The number of hydrogen-bond donors (Lipinski definition) is 2. The minimum absolute atomic E-state index is 0. The number of amides is 2. The number of carbonyl (C=O) groups excluding carboxylic acids is 2. The first kappa shape index (κ1) is 18.4. The van der Waals surface area contributed by atoms with Crippen LogP contribution in [0.15, 0.2) is 41.8 Å². The molecule has 24 heavy (non-hydrogen) atoms. The zero-order chi connectivity index (χ0) is 16.2. The lowest BCUT2D eigenvalue weighted by atomic mass is 10.1. The van der Waals surface area contributed by atoms with Crippen LogP contribution in [0.2, 0.25) is 0 Å². The van der Waals surface area contributed by atoms with Crippen molar-refractivity contribution >= 4 is 41.2 Å². The van der Waals surface area contributed by atoms with Crippen molar-refractivity contribution in [3.05, 3.63) is 52.2 Å². The summed E-state index contributed by atoms with van der Waals surface area (Å²) in [5, 5.41) is 4.68. The van der Waals surface area contributed by atoms with Gasteiger partial charge in [0.25, 0.3) is 11.8 Å². The molecule has 3 rings (SSSR count). The smallest absolute Gasteiger partial charge is 0.265 e. The van der Waals surface area contributed by atoms with Crippen molar-refractivity contribution < 1.29 is 9.59 Å². The Morgan fingerprint density at radius 2 is 2.08 bits per heavy atom. The third-order valence-corrected chi connectivity index (χ3v) is 4.73. The van der Waals surface area contributed by atoms with E-state index in [1.807, 2.05) is 11.4 Å². The largest absolute Gasteiger partial charge is 0.337 e. The molecule has 0 spiro atoms. The van der Waals surface area contributed by atoms with E-state index in [1.165, 1.54) is 11.3 Å². The second-order valence-electron chi connectivity index (χ2n) is 5.67. The molecule has 1 fully saturated rings. The summed E-state index contributed by atoms with van der Waals surface area (Å²) in [5.74, 6) is -0.197. The Bertz CT molecular complexity index is 706. The number of piperidine rings is 1. The minimum Gasteiger partial charge on any atom is -0.337 e. The Hall–Kier alpha value is -1.89. The van der Waals surface area contributed by atoms with Crippen LogP contribution in [0.25, 0.3) is 0 Å². The number of nitrogens with zero attached hydrogens (tertiary/aromatic N) is 1. The quantitative estimate of drug-likeness (QED) is 0.877. The van der Waals surface area contributed by atoms with Gasteiger partial charge < -0.3 is 16.0 Å². The van der Waals surface area contributed by atoms with Gasteiger partial charge >= 0.3 is 0 Å². The average molecular weight is 366 g/mol. The van der Waals surface area contributed by atoms with Crippen molar-refractivity contribution in [2.75, 3.05) is 18.4 Å². The van der Waals surface area contributed by atoms with E-state index in [0.717, 1.165) is 19.4 Å². The first-order valence-electron chi connectivity index (χ1n) is 7.63. The summed E-state index contributed by atoms with van der Waals surface area (Å²) < 4.78 is 0. The molecule has 2 aromatic rings. The third kappa shape index (κ3) is 4.35. The van der Waals surface area contributed by atoms with Crippen molar-refractivity contribution in [2.45, 2.75) is 18.9 Å². The summed E-state index contributed by atoms with van der Waals surface area (Å²) in [5.41, 5.74) is 7.13. The van der Waals surface area contributed by atoms with Gasteiger partial charge in [0, 0.05) is 30.4 Å². The molecule has 1 saturated heterocycles. The van der Waals surface area contributed by atoms with Gasteiger partial charge in [-0.15, -0.1) is 23.7 Å². The first-order chi connectivity index (χ1) is 11.1. The minimum atomic E-state index is -0.162. The molecule has 1 aliphatic rings. The van der Waals surface area contributed by atoms with Crippen LogP contribution in [0.1, 0.15) is 32.9 Å². The first-order valence-corrected chi connectivity index (χ1v) is 8.51. The molecule has 1 aromatic carbocycles. The monoisotopic (exact) mass is 365 g/mol. The maximum atomic E-state index is 12.6. The summed E-state index contributed by atoms with van der Waals surface area (Å²) in [6.45, 7) is 1.32. The highest BCUT2D eigenvalue weighted by Crippen LogP contribution is 2.18. The van der Waals surface area contributed by atoms with Crippen LogP contribution in [0.3, 0.4) is 0 Å². The zero-order valence-electron chi connectivity index (χ0n) is 13.1. The SMILES string of the molecule is Cl.NC1CCCN(C(=O)c2cccc(NC(=O)c3cccs3)c2)C1. The number of carbonyl (C=O) groups is 2. The molecule has 0 radical (unpaired) electrons. The van der Waals surface area contributed by atoms with Gasteiger partial charge in [-0.3, -0.25) is 9.59 Å². The van der Waals surface area contributed by atoms with Crippen LogP contribution in [0.5, 0.6) is 0 Å². The lowest BCUT2D eigenvalue weighted by Gasteiger charge is -2.30. The van der Waals surface area contributed by atoms with Crippen LogP contribution >= 0.6 is 23.7 Å². The van der Waals surface area contributed by atoms with E-state index < -0.39 is 0 Å². The van der Waals surface area contributed by atoms with Gasteiger partial charge in [0.05, 0.1) is 4.88 Å². The Labute approximate surface area is 151 Å². The fourth-order valence-corrected chi connectivity index (χ4v) is 3.33. The van der Waals surface area contributed by atoms with Crippen LogP contribution < -0.4 is 11.1 Å². The van der Waals surface area contributed by atoms with Crippen molar-refractivity contribution in [3.63, 3.8) is 0 Å². The molecule has 1 aromatic heterocycles. The molecule has 128 valence electrons. The molecule has 7 heteroatoms. The highest BCUT2D eigenvalue weighted by molar-refractivity contribution is 7.12. The molecule has 3 N–H and O–H groups in total. The number of likely N-dealkylation sites (tertiary alicyclic amines) is 1. The fourth-order valence-electron chi connectivity index (χ4n) is 2.71. The molecule has 0 bridgehead atoms. The maximum Gasteiger partial charge on any atom is 0.265 e. The Kier molecular flexibility index (Phi) is 6.36. The molecule has 2 amide bonds. The van der Waals surface area contributed by atoms with E-state index in [-0.39, 0.29) is 30.3 Å². The van der Waals surface area contributed by atoms with Crippen molar-refractivity contribution in [2.24, 2.45) is 5.73 Å². The summed E-state index contributed by atoms with van der Waals surface area (Å²) in [6.07, 6.45) is 1.89. The van der Waals surface area contributed by atoms with Crippen molar-refractivity contribution in [3.8, 4) is 0 Å². The molecular weight excluding hydrogens is 346 g/mol. The van der Waals surface area contributed by atoms with Crippen LogP contribution in [-0.4, -0.2) is 35.8 Å². The maximum absolute atomic E-state index is 12.6. The molecule has 1 atom stereocenters. The number of nitrogens with two attached hydrogens (primary N) is 1. The topological polar surface area (TPSA) is 75.4 Å². The summed E-state index contributed by atoms with van der Waals surface area (Å²) in [6, 6.07) is 10.7. The van der Waals surface area contributed by atoms with Gasteiger partial charge in [-0.05, 0) is 42.5 Å². The van der Waals surface area contributed by atoms with Gasteiger partial charge in [0.2, 0.25) is 0 Å². The van der Waals surface area contributed by atoms with E-state index in [4.69, 9.17) is 5.73 Å². The van der Waals surface area contributed by atoms with Crippen molar-refractivity contribution in [1.29, 1.82) is 0 Å². The standard InChI is InChI=1S/C17H19N3O2S.ClH/c18-13-5-2-8-20(11-13)17(22)12-4-1-6-14(10-12)19-16(21)15-7-3-9-23-15;/h1,3-4,6-7,9-10,13H,2,5,8,11,18H2,(H,19,21);1H. The molecule has 2 heterocycles. The lowest BCUT2D eigenvalue weighted by Crippen LogP contribution is -2.45. The molecule has 0 aliphatic carbocycles. The molecule has 1 aliphatic heterocycles. The number of anilines is 1. The van der Waals surface area contributed by atoms with Crippen LogP contribution in [-0.2, 0) is 0 Å². The van der Waals surface area contributed by atoms with E-state index >= 15 is 0 Å². The number of thiophene rings is 1. The molecule has 0 saturated carbocycles. The Morgan fingerprint density at radius 1 is 1.25 bits per heavy atom. The second-order valence-corrected chi connectivity index (χ2v) is 6.61. The zero-order valence-corrected chi connectivity index (χ0v) is 14.7. The van der Waals surface area contributed by atoms with Gasteiger partial charge in [-0.2, -0.15) is 0 Å². The van der Waals surface area contributed by atoms with Crippen LogP contribution in [0, 0.1) is 0 Å². The van der Waals surface area contributed by atoms with E-state index in [0.29, 0.717) is 22.7 Å². The number of rotatable bonds is 3. The third-order valence-electron chi connectivity index (χ3n) is 3.86. The Balaban J connectivity index is 0.00000208. The van der Waals surface area contributed by atoms with Crippen molar-refractivity contribution in [1.82, 2.24) is 4.90 Å². The predicted molar refractivity (Wildman–Crippen MR) is 99.1 cm³/mol. The highest BCUT2D eigenvalue weighted by atomic mass is 35.5. The summed E-state index contributed by atoms with van der Waals surface area (Å²) >= 11 is 1.38.